The standard InChI is InChI=1S/C20H30N4O2/c1-15(2)19(24-11-9-23(4)10-12-24)14-22-20(25)16(3)26-18-7-5-17(13-21)6-8-18/h5-8,15-16,19H,9-12,14H2,1-4H3,(H,22,25). The van der Waals surface area contributed by atoms with Crippen molar-refractivity contribution in [2.45, 2.75) is 32.9 Å². The lowest BCUT2D eigenvalue weighted by molar-refractivity contribution is -0.127. The van der Waals surface area contributed by atoms with Gasteiger partial charge in [0.15, 0.2) is 6.10 Å². The first kappa shape index (κ1) is 20.2. The molecule has 6 heteroatoms. The second-order valence-corrected chi connectivity index (χ2v) is 7.29. The molecule has 1 fully saturated rings. The minimum atomic E-state index is -0.580. The monoisotopic (exact) mass is 358 g/mol. The van der Waals surface area contributed by atoms with Crippen LogP contribution in [0.2, 0.25) is 0 Å². The van der Waals surface area contributed by atoms with Gasteiger partial charge in [-0.25, -0.2) is 0 Å². The van der Waals surface area contributed by atoms with Crippen LogP contribution in [0.1, 0.15) is 26.3 Å². The molecule has 0 saturated carbocycles. The Kier molecular flexibility index (Phi) is 7.43. The number of nitrogens with one attached hydrogen (secondary N) is 1. The number of amides is 1. The van der Waals surface area contributed by atoms with Gasteiger partial charge in [-0.2, -0.15) is 5.26 Å². The van der Waals surface area contributed by atoms with E-state index in [1.165, 1.54) is 0 Å². The zero-order valence-electron chi connectivity index (χ0n) is 16.2. The van der Waals surface area contributed by atoms with E-state index in [1.54, 1.807) is 31.2 Å². The number of nitriles is 1. The molecule has 0 aliphatic carbocycles. The van der Waals surface area contributed by atoms with Crippen LogP contribution in [0, 0.1) is 17.2 Å². The van der Waals surface area contributed by atoms with Crippen LogP contribution in [0.25, 0.3) is 0 Å². The summed E-state index contributed by atoms with van der Waals surface area (Å²) in [5.41, 5.74) is 0.571. The number of carbonyl (C=O) groups excluding carboxylic acids is 1. The van der Waals surface area contributed by atoms with E-state index in [9.17, 15) is 4.79 Å². The lowest BCUT2D eigenvalue weighted by atomic mass is 10.0. The van der Waals surface area contributed by atoms with Crippen molar-refractivity contribution in [2.75, 3.05) is 39.8 Å². The number of hydrogen-bond donors (Lipinski definition) is 1. The van der Waals surface area contributed by atoms with Crippen LogP contribution in [-0.2, 0) is 4.79 Å². The van der Waals surface area contributed by atoms with Gasteiger partial charge in [0, 0.05) is 38.8 Å². The van der Waals surface area contributed by atoms with Gasteiger partial charge in [0.05, 0.1) is 11.6 Å². The second-order valence-electron chi connectivity index (χ2n) is 7.29. The molecule has 0 radical (unpaired) electrons. The summed E-state index contributed by atoms with van der Waals surface area (Å²) in [7, 11) is 2.14. The van der Waals surface area contributed by atoms with Gasteiger partial charge in [-0.05, 0) is 44.2 Å². The Labute approximate surface area is 156 Å². The Hall–Kier alpha value is -2.10. The molecule has 0 spiro atoms. The number of likely N-dealkylation sites (N-methyl/N-ethyl adjacent to an activating group) is 1. The highest BCUT2D eigenvalue weighted by Gasteiger charge is 2.26. The van der Waals surface area contributed by atoms with E-state index in [0.717, 1.165) is 26.2 Å². The fraction of sp³-hybridized carbons (Fsp3) is 0.600. The van der Waals surface area contributed by atoms with Crippen LogP contribution < -0.4 is 10.1 Å². The molecule has 0 bridgehead atoms. The average Bonchev–Trinajstić information content (AvgIpc) is 2.63. The van der Waals surface area contributed by atoms with Gasteiger partial charge in [-0.3, -0.25) is 9.69 Å². The molecule has 2 rings (SSSR count). The van der Waals surface area contributed by atoms with Crippen molar-refractivity contribution < 1.29 is 9.53 Å². The molecule has 1 aromatic rings. The highest BCUT2D eigenvalue weighted by Crippen LogP contribution is 2.15. The smallest absolute Gasteiger partial charge is 0.260 e. The maximum absolute atomic E-state index is 12.4. The Morgan fingerprint density at radius 1 is 1.19 bits per heavy atom. The molecular weight excluding hydrogens is 328 g/mol. The number of ether oxygens (including phenoxy) is 1. The average molecular weight is 358 g/mol. The summed E-state index contributed by atoms with van der Waals surface area (Å²) in [5.74, 6) is 0.939. The predicted molar refractivity (Wildman–Crippen MR) is 102 cm³/mol. The number of benzene rings is 1. The first-order valence-corrected chi connectivity index (χ1v) is 9.28. The van der Waals surface area contributed by atoms with Gasteiger partial charge in [0.25, 0.3) is 5.91 Å². The van der Waals surface area contributed by atoms with Crippen molar-refractivity contribution in [2.24, 2.45) is 5.92 Å². The van der Waals surface area contributed by atoms with Crippen molar-refractivity contribution in [3.05, 3.63) is 29.8 Å². The van der Waals surface area contributed by atoms with E-state index in [0.29, 0.717) is 29.8 Å². The van der Waals surface area contributed by atoms with Gasteiger partial charge >= 0.3 is 0 Å². The third-order valence-corrected chi connectivity index (χ3v) is 4.93. The maximum Gasteiger partial charge on any atom is 0.260 e. The highest BCUT2D eigenvalue weighted by atomic mass is 16.5. The third kappa shape index (κ3) is 5.72. The van der Waals surface area contributed by atoms with E-state index < -0.39 is 6.10 Å². The van der Waals surface area contributed by atoms with E-state index in [4.69, 9.17) is 10.00 Å². The zero-order valence-corrected chi connectivity index (χ0v) is 16.2. The first-order chi connectivity index (χ1) is 12.4. The molecule has 6 nitrogen and oxygen atoms in total. The number of hydrogen-bond acceptors (Lipinski definition) is 5. The molecule has 1 saturated heterocycles. The van der Waals surface area contributed by atoms with Gasteiger partial charge in [-0.1, -0.05) is 13.8 Å². The third-order valence-electron chi connectivity index (χ3n) is 4.93. The van der Waals surface area contributed by atoms with E-state index >= 15 is 0 Å². The van der Waals surface area contributed by atoms with Gasteiger partial charge in [-0.15, -0.1) is 0 Å². The molecule has 0 aromatic heterocycles. The largest absolute Gasteiger partial charge is 0.481 e. The predicted octanol–water partition coefficient (Wildman–Crippen LogP) is 1.71. The molecule has 2 atom stereocenters. The topological polar surface area (TPSA) is 68.6 Å². The van der Waals surface area contributed by atoms with Crippen LogP contribution in [0.3, 0.4) is 0 Å². The van der Waals surface area contributed by atoms with Crippen LogP contribution in [-0.4, -0.2) is 67.6 Å². The SMILES string of the molecule is CC(Oc1ccc(C#N)cc1)C(=O)NCC(C(C)C)N1CCN(C)CC1. The fourth-order valence-electron chi connectivity index (χ4n) is 3.15. The maximum atomic E-state index is 12.4. The molecule has 1 N–H and O–H groups in total. The molecule has 1 aliphatic heterocycles. The minimum absolute atomic E-state index is 0.117. The summed E-state index contributed by atoms with van der Waals surface area (Å²) >= 11 is 0. The van der Waals surface area contributed by atoms with Crippen LogP contribution >= 0.6 is 0 Å². The van der Waals surface area contributed by atoms with Gasteiger partial charge in [0.1, 0.15) is 5.75 Å². The van der Waals surface area contributed by atoms with Crippen LogP contribution in [0.15, 0.2) is 24.3 Å². The van der Waals surface area contributed by atoms with Crippen LogP contribution in [0.5, 0.6) is 5.75 Å². The first-order valence-electron chi connectivity index (χ1n) is 9.28. The van der Waals surface area contributed by atoms with Crippen molar-refractivity contribution in [3.8, 4) is 11.8 Å². The molecule has 1 heterocycles. The molecule has 26 heavy (non-hydrogen) atoms. The van der Waals surface area contributed by atoms with E-state index in [1.807, 2.05) is 0 Å². The second kappa shape index (κ2) is 9.56. The van der Waals surface area contributed by atoms with Crippen molar-refractivity contribution in [3.63, 3.8) is 0 Å². The number of carbonyl (C=O) groups is 1. The summed E-state index contributed by atoms with van der Waals surface area (Å²) in [6.07, 6.45) is -0.580. The minimum Gasteiger partial charge on any atom is -0.481 e. The Morgan fingerprint density at radius 2 is 1.81 bits per heavy atom. The van der Waals surface area contributed by atoms with Gasteiger partial charge < -0.3 is 15.0 Å². The molecule has 2 unspecified atom stereocenters. The Bertz CT molecular complexity index is 616. The summed E-state index contributed by atoms with van der Waals surface area (Å²) in [5, 5.41) is 11.9. The van der Waals surface area contributed by atoms with Crippen molar-refractivity contribution in [1.29, 1.82) is 5.26 Å². The van der Waals surface area contributed by atoms with Crippen molar-refractivity contribution >= 4 is 5.91 Å². The normalized spacial score (nSPS) is 18.2. The number of piperazine rings is 1. The summed E-state index contributed by atoms with van der Waals surface area (Å²) in [6.45, 7) is 11.0. The summed E-state index contributed by atoms with van der Waals surface area (Å²) < 4.78 is 5.69. The number of nitrogens with zero attached hydrogens (tertiary/aromatic N) is 3. The molecule has 1 aromatic carbocycles. The molecular formula is C20H30N4O2. The van der Waals surface area contributed by atoms with Gasteiger partial charge in [0.2, 0.25) is 0 Å². The molecule has 1 amide bonds. The Balaban J connectivity index is 1.85. The highest BCUT2D eigenvalue weighted by molar-refractivity contribution is 5.80. The van der Waals surface area contributed by atoms with Crippen LogP contribution in [0.4, 0.5) is 0 Å². The zero-order chi connectivity index (χ0) is 19.1. The fourth-order valence-corrected chi connectivity index (χ4v) is 3.15. The van der Waals surface area contributed by atoms with E-state index in [2.05, 4.69) is 42.1 Å². The summed E-state index contributed by atoms with van der Waals surface area (Å²) in [4.78, 5) is 17.2. The molecule has 142 valence electrons. The summed E-state index contributed by atoms with van der Waals surface area (Å²) in [6, 6.07) is 9.18. The lowest BCUT2D eigenvalue weighted by Gasteiger charge is -2.40. The Morgan fingerprint density at radius 3 is 2.35 bits per heavy atom. The molecule has 1 aliphatic rings. The quantitative estimate of drug-likeness (QED) is 0.804. The van der Waals surface area contributed by atoms with Crippen molar-refractivity contribution in [1.82, 2.24) is 15.1 Å². The number of rotatable bonds is 7. The van der Waals surface area contributed by atoms with E-state index in [-0.39, 0.29) is 5.91 Å². The lowest BCUT2D eigenvalue weighted by Crippen LogP contribution is -2.54.